The molecule has 0 aliphatic heterocycles. The number of hydrogen-bond acceptors (Lipinski definition) is 2. The van der Waals surface area contributed by atoms with Gasteiger partial charge in [-0.2, -0.15) is 0 Å². The molecule has 1 N–H and O–H groups in total. The summed E-state index contributed by atoms with van der Waals surface area (Å²) in [5.74, 6) is -0.194. The number of pyridine rings is 1. The van der Waals surface area contributed by atoms with Crippen LogP contribution in [0.2, 0.25) is 0 Å². The number of rotatable bonds is 4. The molecule has 2 aromatic rings. The van der Waals surface area contributed by atoms with Crippen molar-refractivity contribution in [3.8, 4) is 0 Å². The largest absolute Gasteiger partial charge is 0.313 e. The first-order valence-corrected chi connectivity index (χ1v) is 6.45. The van der Waals surface area contributed by atoms with Gasteiger partial charge in [-0.1, -0.05) is 12.1 Å². The molecule has 1 atom stereocenters. The van der Waals surface area contributed by atoms with Gasteiger partial charge in [-0.25, -0.2) is 4.39 Å². The van der Waals surface area contributed by atoms with Crippen molar-refractivity contribution < 1.29 is 4.39 Å². The Morgan fingerprint density at radius 1 is 1.11 bits per heavy atom. The van der Waals surface area contributed by atoms with Gasteiger partial charge in [0.25, 0.3) is 0 Å². The van der Waals surface area contributed by atoms with Crippen LogP contribution >= 0.6 is 0 Å². The van der Waals surface area contributed by atoms with Crippen molar-refractivity contribution in [2.24, 2.45) is 0 Å². The second-order valence-electron chi connectivity index (χ2n) is 4.86. The molecule has 100 valence electrons. The summed E-state index contributed by atoms with van der Waals surface area (Å²) in [6.07, 6.45) is 0.833. The van der Waals surface area contributed by atoms with Crippen molar-refractivity contribution in [2.45, 2.75) is 26.3 Å². The van der Waals surface area contributed by atoms with Crippen molar-refractivity contribution in [3.63, 3.8) is 0 Å². The molecule has 0 fully saturated rings. The summed E-state index contributed by atoms with van der Waals surface area (Å²) in [6, 6.07) is 11.1. The van der Waals surface area contributed by atoms with Gasteiger partial charge < -0.3 is 5.32 Å². The molecule has 0 radical (unpaired) electrons. The first-order valence-electron chi connectivity index (χ1n) is 6.45. The predicted molar refractivity (Wildman–Crippen MR) is 75.6 cm³/mol. The number of hydrogen-bond donors (Lipinski definition) is 1. The maximum atomic E-state index is 12.9. The number of nitrogens with one attached hydrogen (secondary N) is 1. The van der Waals surface area contributed by atoms with Crippen LogP contribution in [0.3, 0.4) is 0 Å². The van der Waals surface area contributed by atoms with Crippen LogP contribution in [0.25, 0.3) is 0 Å². The van der Waals surface area contributed by atoms with E-state index in [-0.39, 0.29) is 11.9 Å². The molecule has 2 nitrogen and oxygen atoms in total. The highest BCUT2D eigenvalue weighted by atomic mass is 19.1. The molecule has 1 aromatic carbocycles. The van der Waals surface area contributed by atoms with Crippen molar-refractivity contribution in [1.82, 2.24) is 10.3 Å². The molecule has 0 aliphatic carbocycles. The fourth-order valence-electron chi connectivity index (χ4n) is 2.31. The second-order valence-corrected chi connectivity index (χ2v) is 4.86. The molecule has 0 bridgehead atoms. The van der Waals surface area contributed by atoms with Crippen LogP contribution in [0.1, 0.15) is 28.6 Å². The quantitative estimate of drug-likeness (QED) is 0.909. The van der Waals surface area contributed by atoms with Gasteiger partial charge in [-0.3, -0.25) is 4.98 Å². The van der Waals surface area contributed by atoms with E-state index in [4.69, 9.17) is 0 Å². The van der Waals surface area contributed by atoms with E-state index in [1.54, 1.807) is 0 Å². The zero-order chi connectivity index (χ0) is 13.8. The van der Waals surface area contributed by atoms with Crippen molar-refractivity contribution in [3.05, 3.63) is 64.7 Å². The Kier molecular flexibility index (Phi) is 4.27. The van der Waals surface area contributed by atoms with Crippen molar-refractivity contribution >= 4 is 0 Å². The molecular weight excluding hydrogens is 239 g/mol. The van der Waals surface area contributed by atoms with Gasteiger partial charge in [-0.15, -0.1) is 0 Å². The topological polar surface area (TPSA) is 24.9 Å². The second kappa shape index (κ2) is 5.93. The summed E-state index contributed by atoms with van der Waals surface area (Å²) in [6.45, 7) is 4.00. The Hall–Kier alpha value is -1.74. The third kappa shape index (κ3) is 3.61. The predicted octanol–water partition coefficient (Wildman–Crippen LogP) is 3.34. The van der Waals surface area contributed by atoms with Crippen molar-refractivity contribution in [2.75, 3.05) is 7.05 Å². The van der Waals surface area contributed by atoms with Crippen LogP contribution in [-0.4, -0.2) is 12.0 Å². The van der Waals surface area contributed by atoms with E-state index >= 15 is 0 Å². The van der Waals surface area contributed by atoms with E-state index in [1.165, 1.54) is 17.7 Å². The van der Waals surface area contributed by atoms with Gasteiger partial charge in [0.05, 0.1) is 0 Å². The lowest BCUT2D eigenvalue weighted by atomic mass is 9.98. The van der Waals surface area contributed by atoms with E-state index in [2.05, 4.69) is 22.4 Å². The maximum Gasteiger partial charge on any atom is 0.123 e. The summed E-state index contributed by atoms with van der Waals surface area (Å²) < 4.78 is 12.9. The van der Waals surface area contributed by atoms with Crippen LogP contribution in [0.4, 0.5) is 4.39 Å². The van der Waals surface area contributed by atoms with Gasteiger partial charge in [0, 0.05) is 17.4 Å². The summed E-state index contributed by atoms with van der Waals surface area (Å²) in [5, 5.41) is 3.31. The van der Waals surface area contributed by atoms with Crippen molar-refractivity contribution in [1.29, 1.82) is 0 Å². The average molecular weight is 258 g/mol. The molecule has 19 heavy (non-hydrogen) atoms. The zero-order valence-corrected chi connectivity index (χ0v) is 11.6. The van der Waals surface area contributed by atoms with Gasteiger partial charge in [0.1, 0.15) is 5.82 Å². The molecule has 3 heteroatoms. The fraction of sp³-hybridized carbons (Fsp3) is 0.312. The Labute approximate surface area is 113 Å². The Bertz CT molecular complexity index is 529. The summed E-state index contributed by atoms with van der Waals surface area (Å²) in [7, 11) is 1.94. The first kappa shape index (κ1) is 13.7. The lowest BCUT2D eigenvalue weighted by Gasteiger charge is -2.18. The van der Waals surface area contributed by atoms with Gasteiger partial charge in [0.2, 0.25) is 0 Å². The number of halogens is 1. The van der Waals surface area contributed by atoms with Crippen LogP contribution < -0.4 is 5.32 Å². The fourth-order valence-corrected chi connectivity index (χ4v) is 2.31. The van der Waals surface area contributed by atoms with E-state index in [1.807, 2.05) is 33.0 Å². The van der Waals surface area contributed by atoms with Gasteiger partial charge in [-0.05, 0) is 62.7 Å². The normalized spacial score (nSPS) is 12.4. The third-order valence-electron chi connectivity index (χ3n) is 3.21. The minimum Gasteiger partial charge on any atom is -0.313 e. The lowest BCUT2D eigenvalue weighted by Crippen LogP contribution is -2.19. The molecule has 0 spiro atoms. The molecule has 1 aromatic heterocycles. The van der Waals surface area contributed by atoms with Gasteiger partial charge >= 0.3 is 0 Å². The molecular formula is C16H19FN2. The standard InChI is InChI=1S/C16H19FN2/c1-11-8-14(9-12(2)19-11)16(18-3)10-13-4-6-15(17)7-5-13/h4-9,16,18H,10H2,1-3H3. The molecule has 0 saturated carbocycles. The Morgan fingerprint density at radius 2 is 1.68 bits per heavy atom. The summed E-state index contributed by atoms with van der Waals surface area (Å²) >= 11 is 0. The molecule has 1 unspecified atom stereocenters. The third-order valence-corrected chi connectivity index (χ3v) is 3.21. The van der Waals surface area contributed by atoms with Crippen LogP contribution in [0, 0.1) is 19.7 Å². The number of aryl methyl sites for hydroxylation is 2. The zero-order valence-electron chi connectivity index (χ0n) is 11.6. The summed E-state index contributed by atoms with van der Waals surface area (Å²) in [4.78, 5) is 4.39. The Morgan fingerprint density at radius 3 is 2.21 bits per heavy atom. The molecule has 0 saturated heterocycles. The minimum atomic E-state index is -0.194. The van der Waals surface area contributed by atoms with Crippen LogP contribution in [0.5, 0.6) is 0 Å². The highest BCUT2D eigenvalue weighted by Crippen LogP contribution is 2.19. The van der Waals surface area contributed by atoms with Crippen LogP contribution in [0.15, 0.2) is 36.4 Å². The number of benzene rings is 1. The smallest absolute Gasteiger partial charge is 0.123 e. The van der Waals surface area contributed by atoms with E-state index in [0.29, 0.717) is 0 Å². The molecule has 0 amide bonds. The first-order chi connectivity index (χ1) is 9.08. The number of nitrogens with zero attached hydrogens (tertiary/aromatic N) is 1. The lowest BCUT2D eigenvalue weighted by molar-refractivity contribution is 0.587. The minimum absolute atomic E-state index is 0.194. The van der Waals surface area contributed by atoms with E-state index < -0.39 is 0 Å². The molecule has 0 aliphatic rings. The van der Waals surface area contributed by atoms with E-state index in [0.717, 1.165) is 23.4 Å². The summed E-state index contributed by atoms with van der Waals surface area (Å²) in [5.41, 5.74) is 4.38. The average Bonchev–Trinajstić information content (AvgIpc) is 2.37. The number of aromatic nitrogens is 1. The SMILES string of the molecule is CNC(Cc1ccc(F)cc1)c1cc(C)nc(C)c1. The van der Waals surface area contributed by atoms with Gasteiger partial charge in [0.15, 0.2) is 0 Å². The maximum absolute atomic E-state index is 12.9. The monoisotopic (exact) mass is 258 g/mol. The number of likely N-dealkylation sites (N-methyl/N-ethyl adjacent to an activating group) is 1. The molecule has 1 heterocycles. The van der Waals surface area contributed by atoms with E-state index in [9.17, 15) is 4.39 Å². The molecule has 2 rings (SSSR count). The highest BCUT2D eigenvalue weighted by molar-refractivity contribution is 5.26. The Balaban J connectivity index is 2.22. The highest BCUT2D eigenvalue weighted by Gasteiger charge is 2.11. The van der Waals surface area contributed by atoms with Crippen LogP contribution in [-0.2, 0) is 6.42 Å².